The highest BCUT2D eigenvalue weighted by Crippen LogP contribution is 2.29. The zero-order valence-electron chi connectivity index (χ0n) is 11.5. The molecule has 0 saturated carbocycles. The number of hydrogen-bond acceptors (Lipinski definition) is 4. The standard InChI is InChI=1S/C16H14ClNO4/c17-13-3-1-2-4-14(13)22-12-7-5-11(6-8-12)18-15(19)9-10-16(20)21/h1-8H,9-10H2,(H,18,19)(H,20,21)/p-1. The van der Waals surface area contributed by atoms with E-state index in [0.717, 1.165) is 0 Å². The van der Waals surface area contributed by atoms with E-state index in [1.807, 2.05) is 6.07 Å². The third kappa shape index (κ3) is 4.79. The molecule has 114 valence electrons. The number of hydrogen-bond donors (Lipinski definition) is 1. The number of nitrogens with one attached hydrogen (secondary N) is 1. The third-order valence-corrected chi connectivity index (χ3v) is 3.07. The lowest BCUT2D eigenvalue weighted by atomic mass is 10.2. The van der Waals surface area contributed by atoms with Crippen molar-refractivity contribution in [2.45, 2.75) is 12.8 Å². The van der Waals surface area contributed by atoms with Crippen molar-refractivity contribution in [2.75, 3.05) is 5.32 Å². The summed E-state index contributed by atoms with van der Waals surface area (Å²) >= 11 is 6.00. The molecule has 0 fully saturated rings. The van der Waals surface area contributed by atoms with E-state index in [-0.39, 0.29) is 18.7 Å². The number of halogens is 1. The van der Waals surface area contributed by atoms with Crippen molar-refractivity contribution in [1.82, 2.24) is 0 Å². The van der Waals surface area contributed by atoms with Crippen molar-refractivity contribution < 1.29 is 19.4 Å². The fourth-order valence-electron chi connectivity index (χ4n) is 1.70. The number of carboxylic acids is 1. The van der Waals surface area contributed by atoms with Crippen LogP contribution in [0.2, 0.25) is 5.02 Å². The summed E-state index contributed by atoms with van der Waals surface area (Å²) in [7, 11) is 0. The van der Waals surface area contributed by atoms with Crippen LogP contribution in [0.15, 0.2) is 48.5 Å². The number of carbonyl (C=O) groups excluding carboxylic acids is 2. The van der Waals surface area contributed by atoms with E-state index in [2.05, 4.69) is 5.32 Å². The van der Waals surface area contributed by atoms with Gasteiger partial charge < -0.3 is 20.0 Å². The van der Waals surface area contributed by atoms with Crippen LogP contribution in [0, 0.1) is 0 Å². The second-order valence-electron chi connectivity index (χ2n) is 4.48. The average molecular weight is 319 g/mol. The first-order valence-corrected chi connectivity index (χ1v) is 6.94. The maximum Gasteiger partial charge on any atom is 0.224 e. The van der Waals surface area contributed by atoms with E-state index >= 15 is 0 Å². The molecular weight excluding hydrogens is 306 g/mol. The van der Waals surface area contributed by atoms with Gasteiger partial charge in [-0.3, -0.25) is 4.79 Å². The van der Waals surface area contributed by atoms with E-state index in [9.17, 15) is 14.7 Å². The number of rotatable bonds is 6. The van der Waals surface area contributed by atoms with Crippen LogP contribution in [0.5, 0.6) is 11.5 Å². The molecule has 2 aromatic rings. The van der Waals surface area contributed by atoms with Crippen LogP contribution in [-0.2, 0) is 9.59 Å². The van der Waals surface area contributed by atoms with Crippen LogP contribution in [0.3, 0.4) is 0 Å². The molecule has 2 aromatic carbocycles. The molecule has 0 spiro atoms. The number of para-hydroxylation sites is 1. The highest BCUT2D eigenvalue weighted by atomic mass is 35.5. The molecule has 0 heterocycles. The maximum atomic E-state index is 11.5. The van der Waals surface area contributed by atoms with Gasteiger partial charge in [0.15, 0.2) is 0 Å². The second kappa shape index (κ2) is 7.47. The van der Waals surface area contributed by atoms with Crippen molar-refractivity contribution in [3.8, 4) is 11.5 Å². The van der Waals surface area contributed by atoms with Crippen LogP contribution >= 0.6 is 11.6 Å². The lowest BCUT2D eigenvalue weighted by molar-refractivity contribution is -0.305. The zero-order valence-corrected chi connectivity index (χ0v) is 12.3. The predicted octanol–water partition coefficient (Wildman–Crippen LogP) is 2.60. The van der Waals surface area contributed by atoms with E-state index in [4.69, 9.17) is 16.3 Å². The largest absolute Gasteiger partial charge is 0.550 e. The van der Waals surface area contributed by atoms with Gasteiger partial charge in [-0.25, -0.2) is 0 Å². The van der Waals surface area contributed by atoms with Crippen molar-refractivity contribution in [3.63, 3.8) is 0 Å². The monoisotopic (exact) mass is 318 g/mol. The van der Waals surface area contributed by atoms with Crippen LogP contribution in [-0.4, -0.2) is 11.9 Å². The number of benzene rings is 2. The van der Waals surface area contributed by atoms with E-state index in [1.165, 1.54) is 0 Å². The molecule has 5 nitrogen and oxygen atoms in total. The summed E-state index contributed by atoms with van der Waals surface area (Å²) in [6.45, 7) is 0. The fraction of sp³-hybridized carbons (Fsp3) is 0.125. The molecule has 2 rings (SSSR count). The molecule has 0 unspecified atom stereocenters. The van der Waals surface area contributed by atoms with Crippen LogP contribution in [0.4, 0.5) is 5.69 Å². The number of anilines is 1. The topological polar surface area (TPSA) is 78.5 Å². The van der Waals surface area contributed by atoms with Gasteiger partial charge in [0.2, 0.25) is 5.91 Å². The Morgan fingerprint density at radius 3 is 2.36 bits per heavy atom. The first-order chi connectivity index (χ1) is 10.5. The molecular formula is C16H13ClNO4-. The summed E-state index contributed by atoms with van der Waals surface area (Å²) in [6, 6.07) is 13.8. The maximum absolute atomic E-state index is 11.5. The Balaban J connectivity index is 1.94. The third-order valence-electron chi connectivity index (χ3n) is 2.76. The number of ether oxygens (including phenoxy) is 1. The average Bonchev–Trinajstić information content (AvgIpc) is 2.49. The molecule has 1 amide bonds. The molecule has 22 heavy (non-hydrogen) atoms. The van der Waals surface area contributed by atoms with E-state index in [0.29, 0.717) is 22.2 Å². The SMILES string of the molecule is O=C([O-])CCC(=O)Nc1ccc(Oc2ccccc2Cl)cc1. The summed E-state index contributed by atoms with van der Waals surface area (Å²) in [5.74, 6) is -0.529. The van der Waals surface area contributed by atoms with Gasteiger partial charge in [-0.2, -0.15) is 0 Å². The lowest BCUT2D eigenvalue weighted by Crippen LogP contribution is -2.24. The Morgan fingerprint density at radius 1 is 1.05 bits per heavy atom. The quantitative estimate of drug-likeness (QED) is 0.888. The number of carboxylic acid groups (broad SMARTS) is 1. The Kier molecular flexibility index (Phi) is 5.38. The summed E-state index contributed by atoms with van der Waals surface area (Å²) in [5.41, 5.74) is 0.551. The fourth-order valence-corrected chi connectivity index (χ4v) is 1.87. The summed E-state index contributed by atoms with van der Waals surface area (Å²) in [5, 5.41) is 13.4. The smallest absolute Gasteiger partial charge is 0.224 e. The van der Waals surface area contributed by atoms with Gasteiger partial charge in [-0.1, -0.05) is 23.7 Å². The van der Waals surface area contributed by atoms with Gasteiger partial charge >= 0.3 is 0 Å². The van der Waals surface area contributed by atoms with Gasteiger partial charge in [0.1, 0.15) is 11.5 Å². The Labute approximate surface area is 132 Å². The van der Waals surface area contributed by atoms with Crippen molar-refractivity contribution in [2.24, 2.45) is 0 Å². The van der Waals surface area contributed by atoms with Crippen LogP contribution in [0.1, 0.15) is 12.8 Å². The molecule has 6 heteroatoms. The van der Waals surface area contributed by atoms with Gasteiger partial charge in [0.25, 0.3) is 0 Å². The Hall–Kier alpha value is -2.53. The van der Waals surface area contributed by atoms with Crippen molar-refractivity contribution in [1.29, 1.82) is 0 Å². The summed E-state index contributed by atoms with van der Waals surface area (Å²) < 4.78 is 5.62. The summed E-state index contributed by atoms with van der Waals surface area (Å²) in [6.07, 6.45) is -0.431. The molecule has 1 N–H and O–H groups in total. The highest BCUT2D eigenvalue weighted by molar-refractivity contribution is 6.32. The molecule has 0 aliphatic heterocycles. The molecule has 0 aromatic heterocycles. The molecule has 0 saturated heterocycles. The van der Waals surface area contributed by atoms with Gasteiger partial charge in [0.05, 0.1) is 5.02 Å². The molecule has 0 aliphatic carbocycles. The minimum Gasteiger partial charge on any atom is -0.550 e. The van der Waals surface area contributed by atoms with E-state index in [1.54, 1.807) is 42.5 Å². The minimum absolute atomic E-state index is 0.125. The molecule has 0 atom stereocenters. The highest BCUT2D eigenvalue weighted by Gasteiger charge is 2.04. The number of aliphatic carboxylic acids is 1. The van der Waals surface area contributed by atoms with Gasteiger partial charge in [-0.05, 0) is 42.8 Å². The van der Waals surface area contributed by atoms with Crippen molar-refractivity contribution >= 4 is 29.2 Å². The minimum atomic E-state index is -1.25. The van der Waals surface area contributed by atoms with E-state index < -0.39 is 5.97 Å². The van der Waals surface area contributed by atoms with Crippen LogP contribution in [0.25, 0.3) is 0 Å². The predicted molar refractivity (Wildman–Crippen MR) is 80.8 cm³/mol. The zero-order chi connectivity index (χ0) is 15.9. The lowest BCUT2D eigenvalue weighted by Gasteiger charge is -2.09. The Bertz CT molecular complexity index is 670. The molecule has 0 aliphatic rings. The van der Waals surface area contributed by atoms with Crippen LogP contribution < -0.4 is 15.2 Å². The number of carbonyl (C=O) groups is 2. The Morgan fingerprint density at radius 2 is 1.73 bits per heavy atom. The van der Waals surface area contributed by atoms with Crippen molar-refractivity contribution in [3.05, 3.63) is 53.6 Å². The van der Waals surface area contributed by atoms with Gasteiger partial charge in [-0.15, -0.1) is 0 Å². The first kappa shape index (κ1) is 15.9. The van der Waals surface area contributed by atoms with Gasteiger partial charge in [0, 0.05) is 18.1 Å². The summed E-state index contributed by atoms with van der Waals surface area (Å²) in [4.78, 5) is 21.8. The first-order valence-electron chi connectivity index (χ1n) is 6.57. The molecule has 0 bridgehead atoms. The molecule has 0 radical (unpaired) electrons. The second-order valence-corrected chi connectivity index (χ2v) is 4.88. The number of amides is 1. The normalized spacial score (nSPS) is 10.0.